The summed E-state index contributed by atoms with van der Waals surface area (Å²) in [6, 6.07) is 16.7. The molecule has 0 N–H and O–H groups in total. The molecule has 1 fully saturated rings. The summed E-state index contributed by atoms with van der Waals surface area (Å²) in [5.74, 6) is 1.97. The van der Waals surface area contributed by atoms with Crippen molar-refractivity contribution in [3.63, 3.8) is 0 Å². The van der Waals surface area contributed by atoms with E-state index in [1.165, 1.54) is 5.56 Å². The summed E-state index contributed by atoms with van der Waals surface area (Å²) in [6.07, 6.45) is 3.79. The van der Waals surface area contributed by atoms with Gasteiger partial charge in [0.15, 0.2) is 11.0 Å². The number of hydrogen-bond donors (Lipinski definition) is 0. The first-order valence-corrected chi connectivity index (χ1v) is 14.7. The number of rotatable bonds is 10. The number of benzene rings is 2. The SMILES string of the molecule is CCCCC(=O)N1CCN(C(=O)CCCSc2nnc(-c3ccc(C)cc3)n2-c2ccccc2C)CC1C. The Morgan fingerprint density at radius 2 is 1.68 bits per heavy atom. The van der Waals surface area contributed by atoms with Gasteiger partial charge in [-0.05, 0) is 45.2 Å². The molecule has 0 spiro atoms. The van der Waals surface area contributed by atoms with Crippen LogP contribution in [0, 0.1) is 13.8 Å². The van der Waals surface area contributed by atoms with E-state index in [1.807, 2.05) is 28.9 Å². The Labute approximate surface area is 230 Å². The van der Waals surface area contributed by atoms with E-state index in [2.05, 4.69) is 71.9 Å². The van der Waals surface area contributed by atoms with Gasteiger partial charge in [-0.1, -0.05) is 73.1 Å². The van der Waals surface area contributed by atoms with Crippen LogP contribution in [0.4, 0.5) is 0 Å². The van der Waals surface area contributed by atoms with Gasteiger partial charge in [-0.15, -0.1) is 10.2 Å². The Bertz CT molecular complexity index is 1240. The maximum atomic E-state index is 12.9. The predicted octanol–water partition coefficient (Wildman–Crippen LogP) is 5.67. The van der Waals surface area contributed by atoms with Crippen molar-refractivity contribution in [3.05, 3.63) is 59.7 Å². The number of piperazine rings is 1. The van der Waals surface area contributed by atoms with E-state index in [-0.39, 0.29) is 17.9 Å². The van der Waals surface area contributed by atoms with Gasteiger partial charge in [0.2, 0.25) is 11.8 Å². The minimum absolute atomic E-state index is 0.0688. The minimum Gasteiger partial charge on any atom is -0.339 e. The molecule has 0 radical (unpaired) electrons. The largest absolute Gasteiger partial charge is 0.339 e. The molecule has 7 nitrogen and oxygen atoms in total. The Morgan fingerprint density at radius 1 is 0.947 bits per heavy atom. The maximum Gasteiger partial charge on any atom is 0.222 e. The van der Waals surface area contributed by atoms with Crippen molar-refractivity contribution < 1.29 is 9.59 Å². The topological polar surface area (TPSA) is 71.3 Å². The number of thioether (sulfide) groups is 1. The lowest BCUT2D eigenvalue weighted by Crippen LogP contribution is -2.55. The highest BCUT2D eigenvalue weighted by atomic mass is 32.2. The molecule has 202 valence electrons. The number of para-hydroxylation sites is 1. The number of aromatic nitrogens is 3. The molecular formula is C30H39N5O2S. The van der Waals surface area contributed by atoms with Crippen molar-refractivity contribution in [2.45, 2.75) is 71.0 Å². The average Bonchev–Trinajstić information content (AvgIpc) is 3.33. The number of amides is 2. The summed E-state index contributed by atoms with van der Waals surface area (Å²) < 4.78 is 2.13. The Hall–Kier alpha value is -3.13. The zero-order valence-corrected chi connectivity index (χ0v) is 23.8. The van der Waals surface area contributed by atoms with Crippen LogP contribution in [0.15, 0.2) is 53.7 Å². The summed E-state index contributed by atoms with van der Waals surface area (Å²) in [7, 11) is 0. The second-order valence-corrected chi connectivity index (χ2v) is 11.2. The first-order chi connectivity index (χ1) is 18.4. The first kappa shape index (κ1) is 27.9. The van der Waals surface area contributed by atoms with Crippen LogP contribution in [-0.4, -0.2) is 67.8 Å². The standard InChI is InChI=1S/C30H39N5O2S/c1-5-6-12-28(37)34-19-18-33(21-24(34)4)27(36)13-9-20-38-30-32-31-29(25-16-14-22(2)15-17-25)35(30)26-11-8-7-10-23(26)3/h7-8,10-11,14-17,24H,5-6,9,12-13,18-21H2,1-4H3. The zero-order valence-electron chi connectivity index (χ0n) is 23.0. The van der Waals surface area contributed by atoms with Gasteiger partial charge in [0.05, 0.1) is 5.69 Å². The van der Waals surface area contributed by atoms with Crippen molar-refractivity contribution in [2.24, 2.45) is 0 Å². The zero-order chi connectivity index (χ0) is 27.1. The van der Waals surface area contributed by atoms with Crippen LogP contribution in [-0.2, 0) is 9.59 Å². The Balaban J connectivity index is 1.36. The van der Waals surface area contributed by atoms with Crippen LogP contribution >= 0.6 is 11.8 Å². The number of unbranched alkanes of at least 4 members (excludes halogenated alkanes) is 1. The van der Waals surface area contributed by atoms with Gasteiger partial charge >= 0.3 is 0 Å². The summed E-state index contributed by atoms with van der Waals surface area (Å²) in [4.78, 5) is 29.3. The van der Waals surface area contributed by atoms with Crippen LogP contribution in [0.5, 0.6) is 0 Å². The van der Waals surface area contributed by atoms with Gasteiger partial charge in [-0.25, -0.2) is 0 Å². The molecule has 1 aliphatic heterocycles. The Kier molecular flexibility index (Phi) is 9.61. The summed E-state index contributed by atoms with van der Waals surface area (Å²) >= 11 is 1.64. The van der Waals surface area contributed by atoms with E-state index in [0.717, 1.165) is 52.8 Å². The molecule has 1 unspecified atom stereocenters. The molecule has 38 heavy (non-hydrogen) atoms. The van der Waals surface area contributed by atoms with E-state index in [0.29, 0.717) is 32.5 Å². The van der Waals surface area contributed by atoms with Crippen molar-refractivity contribution in [2.75, 3.05) is 25.4 Å². The van der Waals surface area contributed by atoms with E-state index in [4.69, 9.17) is 0 Å². The lowest BCUT2D eigenvalue weighted by molar-refractivity contribution is -0.142. The van der Waals surface area contributed by atoms with Crippen LogP contribution in [0.2, 0.25) is 0 Å². The fourth-order valence-corrected chi connectivity index (χ4v) is 5.74. The van der Waals surface area contributed by atoms with E-state index >= 15 is 0 Å². The summed E-state index contributed by atoms with van der Waals surface area (Å²) in [6.45, 7) is 10.2. The lowest BCUT2D eigenvalue weighted by Gasteiger charge is -2.40. The molecule has 8 heteroatoms. The normalized spacial score (nSPS) is 15.6. The predicted molar refractivity (Wildman–Crippen MR) is 154 cm³/mol. The van der Waals surface area contributed by atoms with Gasteiger partial charge in [-0.2, -0.15) is 0 Å². The van der Waals surface area contributed by atoms with Gasteiger partial charge < -0.3 is 9.80 Å². The quantitative estimate of drug-likeness (QED) is 0.248. The molecule has 0 saturated carbocycles. The highest BCUT2D eigenvalue weighted by Crippen LogP contribution is 2.30. The molecule has 1 saturated heterocycles. The smallest absolute Gasteiger partial charge is 0.222 e. The van der Waals surface area contributed by atoms with E-state index < -0.39 is 0 Å². The number of hydrogen-bond acceptors (Lipinski definition) is 5. The third kappa shape index (κ3) is 6.65. The molecule has 2 amide bonds. The van der Waals surface area contributed by atoms with Gasteiger partial charge in [0.25, 0.3) is 0 Å². The number of carbonyl (C=O) groups is 2. The number of aryl methyl sites for hydroxylation is 2. The second-order valence-electron chi connectivity index (χ2n) is 10.1. The molecule has 0 aliphatic carbocycles. The third-order valence-corrected chi connectivity index (χ3v) is 8.13. The second kappa shape index (κ2) is 13.1. The summed E-state index contributed by atoms with van der Waals surface area (Å²) in [5.41, 5.74) is 4.44. The molecule has 1 aromatic heterocycles. The molecule has 2 heterocycles. The van der Waals surface area contributed by atoms with Crippen molar-refractivity contribution in [3.8, 4) is 17.1 Å². The third-order valence-electron chi connectivity index (χ3n) is 7.11. The average molecular weight is 534 g/mol. The van der Waals surface area contributed by atoms with Crippen LogP contribution in [0.3, 0.4) is 0 Å². The fourth-order valence-electron chi connectivity index (χ4n) is 4.86. The fraction of sp³-hybridized carbons (Fsp3) is 0.467. The molecule has 4 rings (SSSR count). The van der Waals surface area contributed by atoms with Gasteiger partial charge in [0, 0.05) is 49.8 Å². The van der Waals surface area contributed by atoms with Crippen LogP contribution in [0.1, 0.15) is 57.1 Å². The first-order valence-electron chi connectivity index (χ1n) is 13.7. The molecule has 2 aromatic carbocycles. The summed E-state index contributed by atoms with van der Waals surface area (Å²) in [5, 5.41) is 9.92. The van der Waals surface area contributed by atoms with Crippen molar-refractivity contribution >= 4 is 23.6 Å². The molecule has 1 aliphatic rings. The van der Waals surface area contributed by atoms with Gasteiger partial charge in [0.1, 0.15) is 0 Å². The van der Waals surface area contributed by atoms with Crippen molar-refractivity contribution in [1.82, 2.24) is 24.6 Å². The van der Waals surface area contributed by atoms with E-state index in [9.17, 15) is 9.59 Å². The van der Waals surface area contributed by atoms with Crippen LogP contribution < -0.4 is 0 Å². The van der Waals surface area contributed by atoms with Crippen molar-refractivity contribution in [1.29, 1.82) is 0 Å². The Morgan fingerprint density at radius 3 is 2.39 bits per heavy atom. The monoisotopic (exact) mass is 533 g/mol. The highest BCUT2D eigenvalue weighted by Gasteiger charge is 2.29. The molecule has 3 aromatic rings. The molecule has 1 atom stereocenters. The minimum atomic E-state index is 0.0688. The van der Waals surface area contributed by atoms with E-state index in [1.54, 1.807) is 11.8 Å². The lowest BCUT2D eigenvalue weighted by atomic mass is 10.1. The number of carbonyl (C=O) groups excluding carboxylic acids is 2. The van der Waals surface area contributed by atoms with Crippen LogP contribution in [0.25, 0.3) is 17.1 Å². The molecular weight excluding hydrogens is 494 g/mol. The highest BCUT2D eigenvalue weighted by molar-refractivity contribution is 7.99. The number of nitrogens with zero attached hydrogens (tertiary/aromatic N) is 5. The molecule has 0 bridgehead atoms. The maximum absolute atomic E-state index is 12.9. The van der Waals surface area contributed by atoms with Gasteiger partial charge in [-0.3, -0.25) is 14.2 Å².